The Morgan fingerprint density at radius 2 is 1.52 bits per heavy atom. The topological polar surface area (TPSA) is 49.9 Å². The summed E-state index contributed by atoms with van der Waals surface area (Å²) < 4.78 is 4.71. The van der Waals surface area contributed by atoms with Crippen LogP contribution in [0.2, 0.25) is 0 Å². The molecule has 1 aliphatic rings. The lowest BCUT2D eigenvalue weighted by Crippen LogP contribution is -2.54. The fourth-order valence-corrected chi connectivity index (χ4v) is 2.59. The molecule has 0 unspecified atom stereocenters. The van der Waals surface area contributed by atoms with Gasteiger partial charge in [-0.1, -0.05) is 30.3 Å². The highest BCUT2D eigenvalue weighted by Crippen LogP contribution is 2.26. The molecule has 0 aromatic heterocycles. The molecule has 0 saturated carbocycles. The molecule has 0 N–H and O–H groups in total. The summed E-state index contributed by atoms with van der Waals surface area (Å²) in [6.45, 7) is 6.01. The highest BCUT2D eigenvalue weighted by molar-refractivity contribution is 5.87. The molecule has 0 bridgehead atoms. The van der Waals surface area contributed by atoms with Gasteiger partial charge in [0.05, 0.1) is 12.5 Å². The van der Waals surface area contributed by atoms with Crippen molar-refractivity contribution in [3.63, 3.8) is 0 Å². The highest BCUT2D eigenvalue weighted by Gasteiger charge is 2.35. The Morgan fingerprint density at radius 1 is 1.00 bits per heavy atom. The molecule has 1 saturated heterocycles. The van der Waals surface area contributed by atoms with Crippen LogP contribution in [-0.2, 0) is 14.9 Å². The zero-order chi connectivity index (χ0) is 15.5. The number of benzene rings is 1. The van der Waals surface area contributed by atoms with Crippen molar-refractivity contribution in [2.75, 3.05) is 33.3 Å². The summed E-state index contributed by atoms with van der Waals surface area (Å²) in [7, 11) is 1.37. The zero-order valence-electron chi connectivity index (χ0n) is 12.8. The van der Waals surface area contributed by atoms with Gasteiger partial charge in [-0.15, -0.1) is 0 Å². The summed E-state index contributed by atoms with van der Waals surface area (Å²) >= 11 is 0. The average Bonchev–Trinajstić information content (AvgIpc) is 2.54. The molecule has 5 heteroatoms. The van der Waals surface area contributed by atoms with E-state index in [1.807, 2.05) is 49.1 Å². The zero-order valence-corrected chi connectivity index (χ0v) is 12.8. The first kappa shape index (κ1) is 15.4. The minimum atomic E-state index is -0.561. The molecule has 0 aliphatic carbocycles. The quantitative estimate of drug-likeness (QED) is 0.835. The van der Waals surface area contributed by atoms with Crippen LogP contribution in [0.4, 0.5) is 4.79 Å². The molecule has 1 fully saturated rings. The van der Waals surface area contributed by atoms with Gasteiger partial charge in [0.15, 0.2) is 0 Å². The van der Waals surface area contributed by atoms with Gasteiger partial charge in [0.25, 0.3) is 0 Å². The van der Waals surface area contributed by atoms with E-state index in [0.29, 0.717) is 26.2 Å². The standard InChI is InChI=1S/C16H22N2O3/c1-16(2,13-7-5-4-6-8-13)14(19)17-9-11-18(12-10-17)15(20)21-3/h4-8H,9-12H2,1-3H3. The summed E-state index contributed by atoms with van der Waals surface area (Å²) in [6, 6.07) is 9.78. The Hall–Kier alpha value is -2.04. The molecule has 1 aliphatic heterocycles. The molecular formula is C16H22N2O3. The van der Waals surface area contributed by atoms with E-state index < -0.39 is 5.41 Å². The number of piperazine rings is 1. The van der Waals surface area contributed by atoms with E-state index in [-0.39, 0.29) is 12.0 Å². The van der Waals surface area contributed by atoms with Crippen molar-refractivity contribution in [3.8, 4) is 0 Å². The molecular weight excluding hydrogens is 268 g/mol. The lowest BCUT2D eigenvalue weighted by molar-refractivity contribution is -0.137. The Bertz CT molecular complexity index is 506. The number of carbonyl (C=O) groups is 2. The van der Waals surface area contributed by atoms with Gasteiger partial charge in [-0.3, -0.25) is 4.79 Å². The van der Waals surface area contributed by atoms with Crippen molar-refractivity contribution in [2.24, 2.45) is 0 Å². The van der Waals surface area contributed by atoms with Crippen molar-refractivity contribution in [2.45, 2.75) is 19.3 Å². The first-order valence-corrected chi connectivity index (χ1v) is 7.14. The molecule has 1 heterocycles. The van der Waals surface area contributed by atoms with E-state index in [0.717, 1.165) is 5.56 Å². The summed E-state index contributed by atoms with van der Waals surface area (Å²) in [4.78, 5) is 27.7. The average molecular weight is 290 g/mol. The second kappa shape index (κ2) is 6.16. The van der Waals surface area contributed by atoms with Crippen LogP contribution in [0.15, 0.2) is 30.3 Å². The first-order valence-electron chi connectivity index (χ1n) is 7.14. The molecule has 1 aromatic carbocycles. The molecule has 1 aromatic rings. The number of ether oxygens (including phenoxy) is 1. The summed E-state index contributed by atoms with van der Waals surface area (Å²) in [5, 5.41) is 0. The number of carbonyl (C=O) groups excluding carboxylic acids is 2. The van der Waals surface area contributed by atoms with Gasteiger partial charge in [-0.25, -0.2) is 4.79 Å². The fourth-order valence-electron chi connectivity index (χ4n) is 2.59. The van der Waals surface area contributed by atoms with Gasteiger partial charge in [-0.05, 0) is 19.4 Å². The van der Waals surface area contributed by atoms with Gasteiger partial charge in [0.1, 0.15) is 0 Å². The van der Waals surface area contributed by atoms with Gasteiger partial charge < -0.3 is 14.5 Å². The maximum absolute atomic E-state index is 12.8. The number of rotatable bonds is 2. The van der Waals surface area contributed by atoms with Crippen molar-refractivity contribution in [1.82, 2.24) is 9.80 Å². The van der Waals surface area contributed by atoms with Crippen LogP contribution in [0.1, 0.15) is 19.4 Å². The van der Waals surface area contributed by atoms with Crippen molar-refractivity contribution in [3.05, 3.63) is 35.9 Å². The predicted molar refractivity (Wildman–Crippen MR) is 80.0 cm³/mol. The van der Waals surface area contributed by atoms with Gasteiger partial charge in [0, 0.05) is 26.2 Å². The van der Waals surface area contributed by atoms with Crippen LogP contribution in [0, 0.1) is 0 Å². The normalized spacial score (nSPS) is 15.8. The number of amides is 2. The Balaban J connectivity index is 2.03. The van der Waals surface area contributed by atoms with Crippen LogP contribution < -0.4 is 0 Å². The molecule has 2 amide bonds. The monoisotopic (exact) mass is 290 g/mol. The van der Waals surface area contributed by atoms with Gasteiger partial charge in [-0.2, -0.15) is 0 Å². The Labute approximate surface area is 125 Å². The van der Waals surface area contributed by atoms with Crippen molar-refractivity contribution >= 4 is 12.0 Å². The van der Waals surface area contributed by atoms with E-state index in [4.69, 9.17) is 4.74 Å². The molecule has 0 radical (unpaired) electrons. The molecule has 21 heavy (non-hydrogen) atoms. The van der Waals surface area contributed by atoms with E-state index in [1.165, 1.54) is 7.11 Å². The van der Waals surface area contributed by atoms with E-state index in [9.17, 15) is 9.59 Å². The second-order valence-electron chi connectivity index (χ2n) is 5.74. The van der Waals surface area contributed by atoms with Crippen LogP contribution >= 0.6 is 0 Å². The molecule has 114 valence electrons. The number of hydrogen-bond acceptors (Lipinski definition) is 3. The summed E-state index contributed by atoms with van der Waals surface area (Å²) in [5.74, 6) is 0.0956. The highest BCUT2D eigenvalue weighted by atomic mass is 16.5. The third-order valence-electron chi connectivity index (χ3n) is 4.03. The first-order chi connectivity index (χ1) is 9.96. The Kier molecular flexibility index (Phi) is 4.50. The van der Waals surface area contributed by atoms with Crippen LogP contribution in [0.25, 0.3) is 0 Å². The fraction of sp³-hybridized carbons (Fsp3) is 0.500. The number of nitrogens with zero attached hydrogens (tertiary/aromatic N) is 2. The SMILES string of the molecule is COC(=O)N1CCN(C(=O)C(C)(C)c2ccccc2)CC1. The minimum Gasteiger partial charge on any atom is -0.453 e. The van der Waals surface area contributed by atoms with Gasteiger partial charge in [0.2, 0.25) is 5.91 Å². The molecule has 5 nitrogen and oxygen atoms in total. The Morgan fingerprint density at radius 3 is 2.05 bits per heavy atom. The molecule has 0 spiro atoms. The van der Waals surface area contributed by atoms with Crippen molar-refractivity contribution in [1.29, 1.82) is 0 Å². The van der Waals surface area contributed by atoms with E-state index >= 15 is 0 Å². The number of methoxy groups -OCH3 is 1. The summed E-state index contributed by atoms with van der Waals surface area (Å²) in [5.41, 5.74) is 0.444. The smallest absolute Gasteiger partial charge is 0.409 e. The molecule has 2 rings (SSSR count). The van der Waals surface area contributed by atoms with E-state index in [1.54, 1.807) is 4.90 Å². The predicted octanol–water partition coefficient (Wildman–Crippen LogP) is 1.87. The maximum atomic E-state index is 12.8. The third-order valence-corrected chi connectivity index (χ3v) is 4.03. The minimum absolute atomic E-state index is 0.0956. The van der Waals surface area contributed by atoms with Crippen LogP contribution in [0.3, 0.4) is 0 Å². The lowest BCUT2D eigenvalue weighted by atomic mass is 9.83. The van der Waals surface area contributed by atoms with Crippen LogP contribution in [0.5, 0.6) is 0 Å². The van der Waals surface area contributed by atoms with Crippen LogP contribution in [-0.4, -0.2) is 55.1 Å². The maximum Gasteiger partial charge on any atom is 0.409 e. The molecule has 0 atom stereocenters. The van der Waals surface area contributed by atoms with E-state index in [2.05, 4.69) is 0 Å². The second-order valence-corrected chi connectivity index (χ2v) is 5.74. The summed E-state index contributed by atoms with van der Waals surface area (Å²) in [6.07, 6.45) is -0.329. The lowest BCUT2D eigenvalue weighted by Gasteiger charge is -2.38. The van der Waals surface area contributed by atoms with Gasteiger partial charge >= 0.3 is 6.09 Å². The number of hydrogen-bond donors (Lipinski definition) is 0. The van der Waals surface area contributed by atoms with Crippen molar-refractivity contribution < 1.29 is 14.3 Å². The largest absolute Gasteiger partial charge is 0.453 e. The third kappa shape index (κ3) is 3.17.